The molecule has 4 rings (SSSR count). The number of fused-ring (bicyclic) bond motifs is 3. The van der Waals surface area contributed by atoms with Crippen molar-refractivity contribution in [3.63, 3.8) is 0 Å². The van der Waals surface area contributed by atoms with Crippen molar-refractivity contribution in [3.05, 3.63) is 44.7 Å². The van der Waals surface area contributed by atoms with Crippen LogP contribution < -0.4 is 15.0 Å². The van der Waals surface area contributed by atoms with E-state index in [1.807, 2.05) is 19.9 Å². The lowest BCUT2D eigenvalue weighted by Crippen LogP contribution is -2.32. The Labute approximate surface area is 198 Å². The number of carbonyl (C=O) groups excluding carboxylic acids is 1. The molecule has 0 bridgehead atoms. The van der Waals surface area contributed by atoms with E-state index in [4.69, 9.17) is 30.5 Å². The molecule has 1 fully saturated rings. The van der Waals surface area contributed by atoms with Gasteiger partial charge in [-0.25, -0.2) is 4.79 Å². The molecule has 1 unspecified atom stereocenters. The molecule has 0 amide bonds. The molecule has 0 saturated heterocycles. The number of pyridine rings is 1. The summed E-state index contributed by atoms with van der Waals surface area (Å²) in [4.78, 5) is 26.0. The van der Waals surface area contributed by atoms with E-state index in [9.17, 15) is 9.59 Å². The normalized spacial score (nSPS) is 16.7. The van der Waals surface area contributed by atoms with E-state index in [-0.39, 0.29) is 35.8 Å². The summed E-state index contributed by atoms with van der Waals surface area (Å²) in [6.45, 7) is 7.06. The van der Waals surface area contributed by atoms with Crippen LogP contribution in [0.3, 0.4) is 0 Å². The Balaban J connectivity index is 1.87. The van der Waals surface area contributed by atoms with Gasteiger partial charge < -0.3 is 23.5 Å². The van der Waals surface area contributed by atoms with Gasteiger partial charge in [0.2, 0.25) is 0 Å². The van der Waals surface area contributed by atoms with E-state index in [0.29, 0.717) is 29.7 Å². The van der Waals surface area contributed by atoms with Crippen molar-refractivity contribution in [1.29, 1.82) is 0 Å². The molecule has 2 aliphatic rings. The fraction of sp³-hybridized carbons (Fsp3) is 0.520. The third-order valence-electron chi connectivity index (χ3n) is 5.89. The summed E-state index contributed by atoms with van der Waals surface area (Å²) < 4.78 is 24.2. The van der Waals surface area contributed by atoms with Gasteiger partial charge in [0.15, 0.2) is 5.75 Å². The number of aromatic nitrogens is 1. The fourth-order valence-electron chi connectivity index (χ4n) is 4.22. The minimum Gasteiger partial charge on any atom is -0.492 e. The van der Waals surface area contributed by atoms with Gasteiger partial charge in [-0.05, 0) is 43.9 Å². The summed E-state index contributed by atoms with van der Waals surface area (Å²) in [5.41, 5.74) is 2.02. The zero-order valence-corrected chi connectivity index (χ0v) is 20.2. The highest BCUT2D eigenvalue weighted by Gasteiger charge is 2.38. The zero-order valence-electron chi connectivity index (χ0n) is 19.5. The van der Waals surface area contributed by atoms with Gasteiger partial charge in [0.25, 0.3) is 5.56 Å². The van der Waals surface area contributed by atoms with E-state index in [2.05, 4.69) is 0 Å². The fourth-order valence-corrected chi connectivity index (χ4v) is 4.48. The molecule has 2 aromatic rings. The minimum absolute atomic E-state index is 0.0446. The van der Waals surface area contributed by atoms with Gasteiger partial charge >= 0.3 is 5.97 Å². The molecular weight excluding hydrogens is 446 g/mol. The van der Waals surface area contributed by atoms with E-state index >= 15 is 0 Å². The molecule has 1 atom stereocenters. The summed E-state index contributed by atoms with van der Waals surface area (Å²) >= 11 is 6.74. The molecule has 7 nitrogen and oxygen atoms in total. The maximum Gasteiger partial charge on any atom is 0.343 e. The van der Waals surface area contributed by atoms with Gasteiger partial charge in [-0.15, -0.1) is 0 Å². The monoisotopic (exact) mass is 475 g/mol. The Morgan fingerprint density at radius 3 is 2.67 bits per heavy atom. The molecule has 0 spiro atoms. The predicted molar refractivity (Wildman–Crippen MR) is 126 cm³/mol. The topological polar surface area (TPSA) is 76.0 Å². The van der Waals surface area contributed by atoms with Gasteiger partial charge in [-0.3, -0.25) is 4.79 Å². The molecule has 33 heavy (non-hydrogen) atoms. The molecular formula is C25H30ClNO6. The molecule has 2 heterocycles. The number of hydrogen-bond acceptors (Lipinski definition) is 6. The number of hydrogen-bond donors (Lipinski definition) is 0. The van der Waals surface area contributed by atoms with Gasteiger partial charge in [0.05, 0.1) is 18.9 Å². The Hall–Kier alpha value is -2.51. The van der Waals surface area contributed by atoms with Crippen LogP contribution in [0.5, 0.6) is 11.5 Å². The van der Waals surface area contributed by atoms with Crippen molar-refractivity contribution < 1.29 is 23.7 Å². The summed E-state index contributed by atoms with van der Waals surface area (Å²) in [6, 6.07) is 5.37. The van der Waals surface area contributed by atoms with E-state index in [1.165, 1.54) is 0 Å². The van der Waals surface area contributed by atoms with E-state index in [0.717, 1.165) is 36.1 Å². The average molecular weight is 476 g/mol. The smallest absolute Gasteiger partial charge is 0.343 e. The van der Waals surface area contributed by atoms with Crippen molar-refractivity contribution in [3.8, 4) is 22.8 Å². The highest BCUT2D eigenvalue weighted by Crippen LogP contribution is 2.52. The van der Waals surface area contributed by atoms with Crippen LogP contribution in [-0.2, 0) is 9.47 Å². The molecule has 1 aliphatic carbocycles. The van der Waals surface area contributed by atoms with Crippen LogP contribution in [0.1, 0.15) is 68.1 Å². The number of esters is 1. The largest absolute Gasteiger partial charge is 0.492 e. The Bertz CT molecular complexity index is 1110. The van der Waals surface area contributed by atoms with Crippen molar-refractivity contribution in [2.75, 3.05) is 26.9 Å². The molecule has 8 heteroatoms. The summed E-state index contributed by atoms with van der Waals surface area (Å²) in [7, 11) is 1.65. The van der Waals surface area contributed by atoms with E-state index in [1.54, 1.807) is 30.7 Å². The van der Waals surface area contributed by atoms with Crippen LogP contribution in [0, 0.1) is 5.92 Å². The first kappa shape index (κ1) is 23.6. The lowest BCUT2D eigenvalue weighted by molar-refractivity contribution is 0.0522. The summed E-state index contributed by atoms with van der Waals surface area (Å²) in [5.74, 6) is 0.496. The molecule has 0 radical (unpaired) electrons. The van der Waals surface area contributed by atoms with Crippen molar-refractivity contribution >= 4 is 17.6 Å². The van der Waals surface area contributed by atoms with Crippen molar-refractivity contribution in [2.45, 2.75) is 52.2 Å². The molecule has 1 aromatic carbocycles. The maximum atomic E-state index is 13.4. The van der Waals surface area contributed by atoms with Gasteiger partial charge in [0, 0.05) is 37.3 Å². The lowest BCUT2D eigenvalue weighted by atomic mass is 9.90. The van der Waals surface area contributed by atoms with Crippen LogP contribution in [-0.4, -0.2) is 37.5 Å². The second-order valence-corrected chi connectivity index (χ2v) is 9.10. The predicted octanol–water partition coefficient (Wildman–Crippen LogP) is 5.19. The number of ether oxygens (including phenoxy) is 4. The van der Waals surface area contributed by atoms with Crippen LogP contribution in [0.4, 0.5) is 0 Å². The first-order chi connectivity index (χ1) is 15.9. The van der Waals surface area contributed by atoms with E-state index < -0.39 is 5.97 Å². The maximum absolute atomic E-state index is 13.4. The zero-order chi connectivity index (χ0) is 23.7. The first-order valence-electron chi connectivity index (χ1n) is 11.5. The van der Waals surface area contributed by atoms with Crippen molar-refractivity contribution in [2.24, 2.45) is 5.92 Å². The summed E-state index contributed by atoms with van der Waals surface area (Å²) in [5, 5.41) is 0.380. The summed E-state index contributed by atoms with van der Waals surface area (Å²) in [6.07, 6.45) is 2.12. The average Bonchev–Trinajstić information content (AvgIpc) is 3.62. The molecule has 1 aliphatic heterocycles. The lowest BCUT2D eigenvalue weighted by Gasteiger charge is -2.34. The first-order valence-corrected chi connectivity index (χ1v) is 11.8. The highest BCUT2D eigenvalue weighted by molar-refractivity contribution is 6.34. The standard InChI is InChI=1S/C25H30ClNO6/c1-5-31-25(29)18-13-17-21(27(24(18)28)15-7-8-15)16-9-10-19(32-12-6-11-30-4)20(26)23(16)33-22(17)14(2)3/h9-10,13-15,22H,5-8,11-12H2,1-4H3. The van der Waals surface area contributed by atoms with Crippen LogP contribution in [0.15, 0.2) is 23.0 Å². The van der Waals surface area contributed by atoms with Gasteiger partial charge in [0.1, 0.15) is 22.4 Å². The minimum atomic E-state index is -0.606. The van der Waals surface area contributed by atoms with Crippen LogP contribution in [0.25, 0.3) is 11.3 Å². The number of carbonyl (C=O) groups is 1. The number of benzene rings is 1. The number of halogens is 1. The Kier molecular flexibility index (Phi) is 7.00. The third-order valence-corrected chi connectivity index (χ3v) is 6.25. The number of methoxy groups -OCH3 is 1. The quantitative estimate of drug-likeness (QED) is 0.367. The molecule has 1 saturated carbocycles. The highest BCUT2D eigenvalue weighted by atomic mass is 35.5. The second kappa shape index (κ2) is 9.77. The third kappa shape index (κ3) is 4.49. The number of nitrogens with zero attached hydrogens (tertiary/aromatic N) is 1. The number of rotatable bonds is 9. The van der Waals surface area contributed by atoms with Gasteiger partial charge in [-0.2, -0.15) is 0 Å². The Morgan fingerprint density at radius 2 is 2.03 bits per heavy atom. The van der Waals surface area contributed by atoms with Gasteiger partial charge in [-0.1, -0.05) is 25.4 Å². The second-order valence-electron chi connectivity index (χ2n) is 8.72. The SMILES string of the molecule is CCOC(=O)c1cc2c(n(C3CC3)c1=O)-c1ccc(OCCCOC)c(Cl)c1OC2C(C)C. The van der Waals surface area contributed by atoms with Crippen molar-refractivity contribution in [1.82, 2.24) is 4.57 Å². The van der Waals surface area contributed by atoms with Crippen LogP contribution in [0.2, 0.25) is 5.02 Å². The van der Waals surface area contributed by atoms with Crippen LogP contribution >= 0.6 is 11.6 Å². The Morgan fingerprint density at radius 1 is 1.27 bits per heavy atom. The molecule has 0 N–H and O–H groups in total. The molecule has 178 valence electrons. The molecule has 1 aromatic heterocycles.